The molecule has 0 atom stereocenters. The molecule has 2 aromatic carbocycles. The van der Waals surface area contributed by atoms with Gasteiger partial charge in [-0.25, -0.2) is 0 Å². The maximum Gasteiger partial charge on any atom is 0.308 e. The summed E-state index contributed by atoms with van der Waals surface area (Å²) in [5.41, 5.74) is 2.08. The number of amides is 1. The second kappa shape index (κ2) is 8.10. The van der Waals surface area contributed by atoms with Crippen molar-refractivity contribution in [2.75, 3.05) is 13.7 Å². The number of nitrogens with one attached hydrogen (secondary N) is 1. The minimum Gasteiger partial charge on any atom is -0.496 e. The van der Waals surface area contributed by atoms with E-state index in [1.54, 1.807) is 7.11 Å². The highest BCUT2D eigenvalue weighted by molar-refractivity contribution is 5.89. The van der Waals surface area contributed by atoms with Crippen molar-refractivity contribution in [1.29, 1.82) is 0 Å². The second-order valence-electron chi connectivity index (χ2n) is 5.48. The molecule has 1 aromatic heterocycles. The SMILES string of the molecule is COc1ccccc1Cc1nnc(C(=O)NCCc2ccccc2)o1. The van der Waals surface area contributed by atoms with Crippen molar-refractivity contribution >= 4 is 5.91 Å². The molecular weight excluding hydrogens is 318 g/mol. The van der Waals surface area contributed by atoms with Gasteiger partial charge in [0.1, 0.15) is 5.75 Å². The molecule has 1 N–H and O–H groups in total. The first-order valence-electron chi connectivity index (χ1n) is 8.02. The number of para-hydroxylation sites is 1. The van der Waals surface area contributed by atoms with Crippen LogP contribution in [0.2, 0.25) is 0 Å². The van der Waals surface area contributed by atoms with Gasteiger partial charge in [0.25, 0.3) is 0 Å². The van der Waals surface area contributed by atoms with Crippen LogP contribution in [0, 0.1) is 0 Å². The molecule has 6 heteroatoms. The summed E-state index contributed by atoms with van der Waals surface area (Å²) in [6, 6.07) is 17.5. The Kier molecular flexibility index (Phi) is 5.41. The minimum atomic E-state index is -0.366. The Morgan fingerprint density at radius 3 is 2.64 bits per heavy atom. The molecule has 0 unspecified atom stereocenters. The molecule has 128 valence electrons. The van der Waals surface area contributed by atoms with E-state index in [1.165, 1.54) is 0 Å². The van der Waals surface area contributed by atoms with Gasteiger partial charge in [0, 0.05) is 12.1 Å². The number of hydrogen-bond acceptors (Lipinski definition) is 5. The molecular formula is C19H19N3O3. The molecule has 3 rings (SSSR count). The summed E-state index contributed by atoms with van der Waals surface area (Å²) < 4.78 is 10.8. The van der Waals surface area contributed by atoms with Gasteiger partial charge in [-0.15, -0.1) is 10.2 Å². The molecule has 0 aliphatic carbocycles. The fourth-order valence-electron chi connectivity index (χ4n) is 2.47. The number of carbonyl (C=O) groups is 1. The molecule has 0 bridgehead atoms. The molecule has 0 spiro atoms. The molecule has 3 aromatic rings. The molecule has 0 fully saturated rings. The third-order valence-corrected chi connectivity index (χ3v) is 3.74. The van der Waals surface area contributed by atoms with Crippen LogP contribution >= 0.6 is 0 Å². The Balaban J connectivity index is 1.56. The van der Waals surface area contributed by atoms with E-state index >= 15 is 0 Å². The molecule has 0 aliphatic heterocycles. The summed E-state index contributed by atoms with van der Waals surface area (Å²) in [5, 5.41) is 10.6. The molecule has 0 saturated heterocycles. The van der Waals surface area contributed by atoms with E-state index in [-0.39, 0.29) is 11.8 Å². The lowest BCUT2D eigenvalue weighted by Crippen LogP contribution is -2.26. The molecule has 1 heterocycles. The van der Waals surface area contributed by atoms with Crippen molar-refractivity contribution in [3.63, 3.8) is 0 Å². The van der Waals surface area contributed by atoms with Gasteiger partial charge in [0.2, 0.25) is 5.89 Å². The molecule has 25 heavy (non-hydrogen) atoms. The number of benzene rings is 2. The quantitative estimate of drug-likeness (QED) is 0.717. The molecule has 0 aliphatic rings. The van der Waals surface area contributed by atoms with Crippen LogP contribution in [0.5, 0.6) is 5.75 Å². The number of ether oxygens (including phenoxy) is 1. The lowest BCUT2D eigenvalue weighted by Gasteiger charge is -2.05. The third-order valence-electron chi connectivity index (χ3n) is 3.74. The predicted octanol–water partition coefficient (Wildman–Crippen LogP) is 2.64. The van der Waals surface area contributed by atoms with Crippen LogP contribution in [0.25, 0.3) is 0 Å². The first-order valence-corrected chi connectivity index (χ1v) is 8.02. The summed E-state index contributed by atoms with van der Waals surface area (Å²) >= 11 is 0. The highest BCUT2D eigenvalue weighted by atomic mass is 16.5. The van der Waals surface area contributed by atoms with Crippen LogP contribution in [0.4, 0.5) is 0 Å². The predicted molar refractivity (Wildman–Crippen MR) is 92.6 cm³/mol. The second-order valence-corrected chi connectivity index (χ2v) is 5.48. The number of nitrogens with zero attached hydrogens (tertiary/aromatic N) is 2. The summed E-state index contributed by atoms with van der Waals surface area (Å²) in [6.45, 7) is 0.507. The van der Waals surface area contributed by atoms with Gasteiger partial charge >= 0.3 is 11.8 Å². The fraction of sp³-hybridized carbons (Fsp3) is 0.211. The average Bonchev–Trinajstić information content (AvgIpc) is 3.12. The highest BCUT2D eigenvalue weighted by Crippen LogP contribution is 2.20. The zero-order valence-electron chi connectivity index (χ0n) is 13.9. The topological polar surface area (TPSA) is 77.2 Å². The number of methoxy groups -OCH3 is 1. The highest BCUT2D eigenvalue weighted by Gasteiger charge is 2.15. The van der Waals surface area contributed by atoms with E-state index in [4.69, 9.17) is 9.15 Å². The lowest BCUT2D eigenvalue weighted by atomic mass is 10.1. The fourth-order valence-corrected chi connectivity index (χ4v) is 2.47. The maximum atomic E-state index is 12.1. The number of aromatic nitrogens is 2. The van der Waals surface area contributed by atoms with Crippen molar-refractivity contribution in [2.45, 2.75) is 12.8 Å². The van der Waals surface area contributed by atoms with E-state index in [2.05, 4.69) is 15.5 Å². The van der Waals surface area contributed by atoms with Crippen LogP contribution in [0.3, 0.4) is 0 Å². The summed E-state index contributed by atoms with van der Waals surface area (Å²) in [7, 11) is 1.61. The summed E-state index contributed by atoms with van der Waals surface area (Å²) in [5.74, 6) is 0.722. The monoisotopic (exact) mass is 337 g/mol. The number of rotatable bonds is 7. The van der Waals surface area contributed by atoms with Gasteiger partial charge in [-0.05, 0) is 18.1 Å². The molecule has 6 nitrogen and oxygen atoms in total. The first kappa shape index (κ1) is 16.7. The average molecular weight is 337 g/mol. The Bertz CT molecular complexity index is 831. The van der Waals surface area contributed by atoms with Gasteiger partial charge in [-0.2, -0.15) is 0 Å². The van der Waals surface area contributed by atoms with Crippen LogP contribution in [0.1, 0.15) is 27.7 Å². The lowest BCUT2D eigenvalue weighted by molar-refractivity contribution is 0.0918. The summed E-state index contributed by atoms with van der Waals surface area (Å²) in [6.07, 6.45) is 1.16. The van der Waals surface area contributed by atoms with E-state index in [0.29, 0.717) is 18.9 Å². The van der Waals surface area contributed by atoms with Gasteiger partial charge < -0.3 is 14.5 Å². The van der Waals surface area contributed by atoms with Crippen LogP contribution in [-0.4, -0.2) is 29.8 Å². The van der Waals surface area contributed by atoms with E-state index in [1.807, 2.05) is 54.6 Å². The standard InChI is InChI=1S/C19H19N3O3/c1-24-16-10-6-5-9-15(16)13-17-21-22-19(25-17)18(23)20-12-11-14-7-3-2-4-8-14/h2-10H,11-13H2,1H3,(H,20,23). The Labute approximate surface area is 145 Å². The Morgan fingerprint density at radius 1 is 1.08 bits per heavy atom. The van der Waals surface area contributed by atoms with Crippen molar-refractivity contribution in [3.8, 4) is 5.75 Å². The zero-order chi connectivity index (χ0) is 17.5. The van der Waals surface area contributed by atoms with Gasteiger partial charge in [0.05, 0.1) is 13.5 Å². The largest absolute Gasteiger partial charge is 0.496 e. The minimum absolute atomic E-state index is 0.0297. The van der Waals surface area contributed by atoms with E-state index in [9.17, 15) is 4.79 Å². The first-order chi connectivity index (χ1) is 12.3. The summed E-state index contributed by atoms with van der Waals surface area (Å²) in [4.78, 5) is 12.1. The van der Waals surface area contributed by atoms with Crippen molar-refractivity contribution in [3.05, 3.63) is 77.5 Å². The van der Waals surface area contributed by atoms with Crippen LogP contribution < -0.4 is 10.1 Å². The van der Waals surface area contributed by atoms with E-state index in [0.717, 1.165) is 23.3 Å². The number of hydrogen-bond donors (Lipinski definition) is 1. The maximum absolute atomic E-state index is 12.1. The normalized spacial score (nSPS) is 10.4. The van der Waals surface area contributed by atoms with Crippen molar-refractivity contribution in [1.82, 2.24) is 15.5 Å². The Morgan fingerprint density at radius 2 is 1.84 bits per heavy atom. The van der Waals surface area contributed by atoms with E-state index < -0.39 is 0 Å². The molecule has 0 radical (unpaired) electrons. The molecule has 0 saturated carbocycles. The van der Waals surface area contributed by atoms with Gasteiger partial charge in [0.15, 0.2) is 0 Å². The smallest absolute Gasteiger partial charge is 0.308 e. The van der Waals surface area contributed by atoms with Crippen LogP contribution in [-0.2, 0) is 12.8 Å². The van der Waals surface area contributed by atoms with Crippen molar-refractivity contribution in [2.24, 2.45) is 0 Å². The van der Waals surface area contributed by atoms with Gasteiger partial charge in [-0.1, -0.05) is 48.5 Å². The number of carbonyl (C=O) groups excluding carboxylic acids is 1. The van der Waals surface area contributed by atoms with Gasteiger partial charge in [-0.3, -0.25) is 4.79 Å². The third kappa shape index (κ3) is 4.44. The zero-order valence-corrected chi connectivity index (χ0v) is 13.9. The van der Waals surface area contributed by atoms with Crippen molar-refractivity contribution < 1.29 is 13.9 Å². The van der Waals surface area contributed by atoms with Crippen LogP contribution in [0.15, 0.2) is 59.0 Å². The Hall–Kier alpha value is -3.15. The molecule has 1 amide bonds.